The average Bonchev–Trinajstić information content (AvgIpc) is 3.05. The third kappa shape index (κ3) is 4.23. The molecule has 3 aromatic rings. The molecule has 0 fully saturated rings. The van der Waals surface area contributed by atoms with Crippen LogP contribution in [0.5, 0.6) is 0 Å². The van der Waals surface area contributed by atoms with Crippen LogP contribution in [0.2, 0.25) is 0 Å². The number of nitrogens with zero attached hydrogens (tertiary/aromatic N) is 2. The molecule has 3 rings (SSSR count). The Kier molecular flexibility index (Phi) is 5.44. The summed E-state index contributed by atoms with van der Waals surface area (Å²) in [6.45, 7) is 0.160. The number of carbonyl (C=O) groups excluding carboxylic acids is 1. The van der Waals surface area contributed by atoms with Gasteiger partial charge in [0.2, 0.25) is 5.91 Å². The van der Waals surface area contributed by atoms with Crippen molar-refractivity contribution < 1.29 is 13.6 Å². The predicted octanol–water partition coefficient (Wildman–Crippen LogP) is 3.80. The van der Waals surface area contributed by atoms with E-state index in [4.69, 9.17) is 0 Å². The largest absolute Gasteiger partial charge is 0.325 e. The quantitative estimate of drug-likeness (QED) is 0.660. The van der Waals surface area contributed by atoms with Gasteiger partial charge in [0.05, 0.1) is 17.4 Å². The van der Waals surface area contributed by atoms with Gasteiger partial charge in [-0.3, -0.25) is 14.2 Å². The molecule has 25 heavy (non-hydrogen) atoms. The number of amides is 1. The molecule has 2 heterocycles. The molecule has 0 atom stereocenters. The number of aromatic nitrogens is 2. The number of anilines is 1. The van der Waals surface area contributed by atoms with Crippen molar-refractivity contribution >= 4 is 44.9 Å². The van der Waals surface area contributed by atoms with Crippen molar-refractivity contribution in [1.29, 1.82) is 0 Å². The zero-order chi connectivity index (χ0) is 17.8. The highest BCUT2D eigenvalue weighted by Crippen LogP contribution is 2.31. The van der Waals surface area contributed by atoms with Crippen LogP contribution in [0.1, 0.15) is 6.42 Å². The molecular formula is C16H13F2N3O2S2. The standard InChI is InChI=1S/C16H13F2N3O2S2/c17-16(18)25-12-4-2-1-3-11(12)20-13(22)5-7-21-9-19-14-10(15(21)23)6-8-24-14/h1-4,6,8-9,16H,5,7H2,(H,20,22). The summed E-state index contributed by atoms with van der Waals surface area (Å²) in [5.41, 5.74) is 0.129. The molecule has 0 aliphatic heterocycles. The summed E-state index contributed by atoms with van der Waals surface area (Å²) in [6.07, 6.45) is 1.44. The lowest BCUT2D eigenvalue weighted by Crippen LogP contribution is -2.23. The van der Waals surface area contributed by atoms with Crippen molar-refractivity contribution in [3.05, 3.63) is 52.4 Å². The fourth-order valence-corrected chi connectivity index (χ4v) is 3.57. The second-order valence-corrected chi connectivity index (χ2v) is 6.98. The lowest BCUT2D eigenvalue weighted by molar-refractivity contribution is -0.116. The fourth-order valence-electron chi connectivity index (χ4n) is 2.26. The molecule has 1 aromatic carbocycles. The second-order valence-electron chi connectivity index (χ2n) is 5.06. The summed E-state index contributed by atoms with van der Waals surface area (Å²) in [5, 5.41) is 4.92. The van der Waals surface area contributed by atoms with E-state index in [1.165, 1.54) is 28.3 Å². The van der Waals surface area contributed by atoms with Crippen molar-refractivity contribution in [2.24, 2.45) is 0 Å². The minimum atomic E-state index is -2.57. The lowest BCUT2D eigenvalue weighted by atomic mass is 10.3. The highest BCUT2D eigenvalue weighted by atomic mass is 32.2. The van der Waals surface area contributed by atoms with Gasteiger partial charge in [0.15, 0.2) is 0 Å². The van der Waals surface area contributed by atoms with Gasteiger partial charge < -0.3 is 5.32 Å². The van der Waals surface area contributed by atoms with Crippen molar-refractivity contribution in [2.75, 3.05) is 5.32 Å². The zero-order valence-corrected chi connectivity index (χ0v) is 14.4. The third-order valence-electron chi connectivity index (χ3n) is 3.41. The highest BCUT2D eigenvalue weighted by molar-refractivity contribution is 7.99. The number of hydrogen-bond donors (Lipinski definition) is 1. The summed E-state index contributed by atoms with van der Waals surface area (Å²) in [4.78, 5) is 29.5. The first-order valence-electron chi connectivity index (χ1n) is 7.31. The molecule has 0 saturated heterocycles. The minimum absolute atomic E-state index is 0.0326. The third-order valence-corrected chi connectivity index (χ3v) is 5.02. The molecule has 0 bridgehead atoms. The highest BCUT2D eigenvalue weighted by Gasteiger charge is 2.12. The number of hydrogen-bond acceptors (Lipinski definition) is 5. The van der Waals surface area contributed by atoms with Gasteiger partial charge in [0.25, 0.3) is 11.3 Å². The molecule has 0 saturated carbocycles. The second kappa shape index (κ2) is 7.75. The Morgan fingerprint density at radius 1 is 1.32 bits per heavy atom. The molecule has 1 amide bonds. The van der Waals surface area contributed by atoms with Crippen LogP contribution in [0.4, 0.5) is 14.5 Å². The SMILES string of the molecule is O=C(CCn1cnc2sccc2c1=O)Nc1ccccc1SC(F)F. The van der Waals surface area contributed by atoms with Crippen LogP contribution in [-0.4, -0.2) is 21.2 Å². The number of nitrogens with one attached hydrogen (secondary N) is 1. The molecule has 0 unspecified atom stereocenters. The number of benzene rings is 1. The summed E-state index contributed by atoms with van der Waals surface area (Å²) >= 11 is 1.75. The molecule has 130 valence electrons. The Bertz CT molecular complexity index is 956. The van der Waals surface area contributed by atoms with E-state index < -0.39 is 5.76 Å². The van der Waals surface area contributed by atoms with Crippen molar-refractivity contribution in [3.63, 3.8) is 0 Å². The van der Waals surface area contributed by atoms with Crippen LogP contribution in [0, 0.1) is 0 Å². The van der Waals surface area contributed by atoms with Gasteiger partial charge in [0, 0.05) is 17.9 Å². The summed E-state index contributed by atoms with van der Waals surface area (Å²) in [6, 6.07) is 8.06. The number of carbonyl (C=O) groups is 1. The first-order chi connectivity index (χ1) is 12.0. The summed E-state index contributed by atoms with van der Waals surface area (Å²) < 4.78 is 26.5. The van der Waals surface area contributed by atoms with Crippen molar-refractivity contribution in [2.45, 2.75) is 23.6 Å². The van der Waals surface area contributed by atoms with E-state index in [0.717, 1.165) is 0 Å². The molecule has 0 spiro atoms. The van der Waals surface area contributed by atoms with Gasteiger partial charge in [-0.05, 0) is 23.6 Å². The van der Waals surface area contributed by atoms with Gasteiger partial charge in [-0.2, -0.15) is 8.78 Å². The summed E-state index contributed by atoms with van der Waals surface area (Å²) in [7, 11) is 0. The van der Waals surface area contributed by atoms with E-state index in [1.54, 1.807) is 29.6 Å². The van der Waals surface area contributed by atoms with E-state index in [1.807, 2.05) is 0 Å². The topological polar surface area (TPSA) is 64.0 Å². The van der Waals surface area contributed by atoms with E-state index in [2.05, 4.69) is 10.3 Å². The summed E-state index contributed by atoms with van der Waals surface area (Å²) in [5.74, 6) is -2.93. The van der Waals surface area contributed by atoms with Gasteiger partial charge in [-0.25, -0.2) is 4.98 Å². The van der Waals surface area contributed by atoms with Crippen LogP contribution >= 0.6 is 23.1 Å². The van der Waals surface area contributed by atoms with Gasteiger partial charge in [-0.15, -0.1) is 11.3 Å². The monoisotopic (exact) mass is 381 g/mol. The first kappa shape index (κ1) is 17.6. The molecule has 5 nitrogen and oxygen atoms in total. The molecule has 0 radical (unpaired) electrons. The average molecular weight is 381 g/mol. The molecule has 0 aliphatic rings. The molecule has 2 aromatic heterocycles. The minimum Gasteiger partial charge on any atom is -0.325 e. The maximum atomic E-state index is 12.6. The van der Waals surface area contributed by atoms with Gasteiger partial charge in [0.1, 0.15) is 4.83 Å². The number of thioether (sulfide) groups is 1. The van der Waals surface area contributed by atoms with E-state index in [0.29, 0.717) is 32.6 Å². The van der Waals surface area contributed by atoms with Crippen LogP contribution in [0.3, 0.4) is 0 Å². The molecule has 1 N–H and O–H groups in total. The fraction of sp³-hybridized carbons (Fsp3) is 0.188. The number of rotatable bonds is 6. The van der Waals surface area contributed by atoms with Crippen molar-refractivity contribution in [1.82, 2.24) is 9.55 Å². The van der Waals surface area contributed by atoms with Crippen LogP contribution < -0.4 is 10.9 Å². The maximum Gasteiger partial charge on any atom is 0.288 e. The van der Waals surface area contributed by atoms with E-state index >= 15 is 0 Å². The first-order valence-corrected chi connectivity index (χ1v) is 9.07. The number of para-hydroxylation sites is 1. The zero-order valence-electron chi connectivity index (χ0n) is 12.8. The number of halogens is 2. The Morgan fingerprint density at radius 2 is 2.12 bits per heavy atom. The van der Waals surface area contributed by atoms with Gasteiger partial charge >= 0.3 is 0 Å². The van der Waals surface area contributed by atoms with Crippen molar-refractivity contribution in [3.8, 4) is 0 Å². The number of aryl methyl sites for hydroxylation is 1. The number of fused-ring (bicyclic) bond motifs is 1. The number of thiophene rings is 1. The van der Waals surface area contributed by atoms with Crippen LogP contribution in [0.25, 0.3) is 10.2 Å². The Balaban J connectivity index is 1.67. The smallest absolute Gasteiger partial charge is 0.288 e. The Labute approximate surface area is 149 Å². The van der Waals surface area contributed by atoms with Gasteiger partial charge in [-0.1, -0.05) is 23.9 Å². The van der Waals surface area contributed by atoms with E-state index in [9.17, 15) is 18.4 Å². The van der Waals surface area contributed by atoms with E-state index in [-0.39, 0.29) is 24.4 Å². The van der Waals surface area contributed by atoms with Crippen LogP contribution in [-0.2, 0) is 11.3 Å². The Hall–Kier alpha value is -2.26. The normalized spacial score (nSPS) is 11.2. The Morgan fingerprint density at radius 3 is 2.92 bits per heavy atom. The number of alkyl halides is 2. The lowest BCUT2D eigenvalue weighted by Gasteiger charge is -2.10. The molecule has 9 heteroatoms. The predicted molar refractivity (Wildman–Crippen MR) is 95.4 cm³/mol. The molecule has 0 aliphatic carbocycles. The van der Waals surface area contributed by atoms with Crippen LogP contribution in [0.15, 0.2) is 51.7 Å². The molecular weight excluding hydrogens is 368 g/mol. The maximum absolute atomic E-state index is 12.6.